The van der Waals surface area contributed by atoms with Gasteiger partial charge in [0.25, 0.3) is 0 Å². The number of rotatable bonds is 18. The summed E-state index contributed by atoms with van der Waals surface area (Å²) in [6, 6.07) is 52.7. The first kappa shape index (κ1) is 41.8. The van der Waals surface area contributed by atoms with Gasteiger partial charge in [0, 0.05) is 22.4 Å². The van der Waals surface area contributed by atoms with E-state index < -0.39 is 30.2 Å². The fourth-order valence-electron chi connectivity index (χ4n) is 8.06. The number of hydrogen-bond donors (Lipinski definition) is 0. The first-order valence-corrected chi connectivity index (χ1v) is 22.0. The number of hydrogen-bond acceptors (Lipinski definition) is 8. The Bertz CT molecular complexity index is 2270. The molecule has 60 heavy (non-hydrogen) atoms. The quantitative estimate of drug-likeness (QED) is 0.0627. The first-order chi connectivity index (χ1) is 29.5. The van der Waals surface area contributed by atoms with Crippen LogP contribution in [0.3, 0.4) is 0 Å². The monoisotopic (exact) mass is 820 g/mol. The smallest absolute Gasteiger partial charge is 0.226 e. The van der Waals surface area contributed by atoms with Crippen LogP contribution in [0.2, 0.25) is 0 Å². The predicted molar refractivity (Wildman–Crippen MR) is 235 cm³/mol. The summed E-state index contributed by atoms with van der Waals surface area (Å²) in [6.45, 7) is 3.85. The van der Waals surface area contributed by atoms with Crippen LogP contribution in [0.4, 0.5) is 0 Å². The van der Waals surface area contributed by atoms with Crippen LogP contribution in [0.1, 0.15) is 61.8 Å². The molecule has 0 radical (unpaired) electrons. The third-order valence-corrected chi connectivity index (χ3v) is 12.0. The molecule has 6 aromatic rings. The molecule has 2 heterocycles. The summed E-state index contributed by atoms with van der Waals surface area (Å²) < 4.78 is 41.8. The van der Waals surface area contributed by atoms with E-state index >= 15 is 0 Å². The van der Waals surface area contributed by atoms with Gasteiger partial charge < -0.3 is 28.4 Å². The van der Waals surface area contributed by atoms with Gasteiger partial charge in [0.05, 0.1) is 39.6 Å². The zero-order valence-electron chi connectivity index (χ0n) is 34.2. The lowest BCUT2D eigenvalue weighted by Crippen LogP contribution is -2.65. The minimum absolute atomic E-state index is 0.0229. The molecule has 7 nitrogen and oxygen atoms in total. The van der Waals surface area contributed by atoms with Crippen molar-refractivity contribution >= 4 is 17.5 Å². The van der Waals surface area contributed by atoms with Crippen LogP contribution >= 0.6 is 11.8 Å². The Hall–Kier alpha value is -4.90. The van der Waals surface area contributed by atoms with Crippen LogP contribution in [-0.4, -0.2) is 43.1 Å². The molecule has 1 saturated heterocycles. The predicted octanol–water partition coefficient (Wildman–Crippen LogP) is 10.5. The summed E-state index contributed by atoms with van der Waals surface area (Å²) in [5.74, 6) is -1.44. The minimum Gasteiger partial charge on any atom is -0.374 e. The zero-order valence-corrected chi connectivity index (χ0v) is 35.1. The molecule has 8 rings (SSSR count). The fourth-order valence-corrected chi connectivity index (χ4v) is 8.71. The first-order valence-electron chi connectivity index (χ1n) is 20.8. The van der Waals surface area contributed by atoms with Crippen molar-refractivity contribution in [2.24, 2.45) is 0 Å². The van der Waals surface area contributed by atoms with E-state index in [4.69, 9.17) is 28.4 Å². The third kappa shape index (κ3) is 9.83. The lowest BCUT2D eigenvalue weighted by Gasteiger charge is -2.51. The number of fused-ring (bicyclic) bond motifs is 2. The van der Waals surface area contributed by atoms with Crippen molar-refractivity contribution in [3.05, 3.63) is 208 Å². The number of aryl methyl sites for hydroxylation is 1. The van der Waals surface area contributed by atoms with E-state index in [-0.39, 0.29) is 32.0 Å². The average molecular weight is 821 g/mol. The van der Waals surface area contributed by atoms with Crippen molar-refractivity contribution in [1.29, 1.82) is 0 Å². The van der Waals surface area contributed by atoms with Gasteiger partial charge in [0.1, 0.15) is 24.4 Å². The molecule has 0 amide bonds. The zero-order chi connectivity index (χ0) is 41.2. The Morgan fingerprint density at radius 3 is 1.70 bits per heavy atom. The van der Waals surface area contributed by atoms with Crippen molar-refractivity contribution < 1.29 is 33.2 Å². The Morgan fingerprint density at radius 1 is 0.633 bits per heavy atom. The standard InChI is InChI=1S/C52H52O7S/c1-3-37-24-26-38(27-25-37)28-46(53)44-30-45-43(29-48(44)60-2)35-58-52(45)51(57-34-42-22-14-7-15-23-42)50(56-33-41-20-12-6-13-21-41)49(55-32-40-18-10-5-11-19-40)47(59-52)36-54-31-39-16-8-4-9-17-39/h4-27,29-30,47,49-51H,3,28,31-36H2,1-2H3/t47-,49-,50+,51-,52+/m1/s1. The molecule has 2 aliphatic rings. The highest BCUT2D eigenvalue weighted by molar-refractivity contribution is 7.98. The van der Waals surface area contributed by atoms with Gasteiger partial charge in [-0.3, -0.25) is 4.79 Å². The fraction of sp³-hybridized carbons (Fsp3) is 0.288. The van der Waals surface area contributed by atoms with E-state index in [1.165, 1.54) is 5.56 Å². The number of thioether (sulfide) groups is 1. The van der Waals surface area contributed by atoms with Gasteiger partial charge in [-0.1, -0.05) is 153 Å². The molecule has 8 heteroatoms. The molecule has 5 atom stereocenters. The highest BCUT2D eigenvalue weighted by atomic mass is 32.2. The molecule has 308 valence electrons. The summed E-state index contributed by atoms with van der Waals surface area (Å²) in [4.78, 5) is 15.3. The van der Waals surface area contributed by atoms with Crippen molar-refractivity contribution in [3.8, 4) is 0 Å². The van der Waals surface area contributed by atoms with Crippen LogP contribution in [-0.2, 0) is 80.1 Å². The minimum atomic E-state index is -1.46. The lowest BCUT2D eigenvalue weighted by molar-refractivity contribution is -0.387. The second-order valence-electron chi connectivity index (χ2n) is 15.3. The van der Waals surface area contributed by atoms with E-state index in [1.54, 1.807) is 11.8 Å². The Labute approximate surface area is 358 Å². The van der Waals surface area contributed by atoms with Crippen LogP contribution in [0.5, 0.6) is 0 Å². The Morgan fingerprint density at radius 2 is 1.15 bits per heavy atom. The van der Waals surface area contributed by atoms with Gasteiger partial charge in [0.2, 0.25) is 5.79 Å². The highest BCUT2D eigenvalue weighted by Crippen LogP contribution is 2.50. The molecule has 6 aromatic carbocycles. The van der Waals surface area contributed by atoms with Gasteiger partial charge in [-0.2, -0.15) is 0 Å². The number of benzene rings is 6. The van der Waals surface area contributed by atoms with E-state index in [0.717, 1.165) is 50.3 Å². The summed E-state index contributed by atoms with van der Waals surface area (Å²) in [6.07, 6.45) is 0.409. The summed E-state index contributed by atoms with van der Waals surface area (Å²) in [5, 5.41) is 0. The summed E-state index contributed by atoms with van der Waals surface area (Å²) in [7, 11) is 0. The lowest BCUT2D eigenvalue weighted by atomic mass is 9.85. The Kier molecular flexibility index (Phi) is 14.0. The van der Waals surface area contributed by atoms with Crippen molar-refractivity contribution in [2.45, 2.75) is 87.9 Å². The van der Waals surface area contributed by atoms with Crippen molar-refractivity contribution in [1.82, 2.24) is 0 Å². The third-order valence-electron chi connectivity index (χ3n) is 11.3. The van der Waals surface area contributed by atoms with Gasteiger partial charge in [-0.05, 0) is 63.8 Å². The van der Waals surface area contributed by atoms with E-state index in [2.05, 4.69) is 37.3 Å². The highest BCUT2D eigenvalue weighted by Gasteiger charge is 2.61. The number of carbonyl (C=O) groups is 1. The van der Waals surface area contributed by atoms with Crippen molar-refractivity contribution in [3.63, 3.8) is 0 Å². The molecule has 0 N–H and O–H groups in total. The molecule has 1 spiro atoms. The van der Waals surface area contributed by atoms with Gasteiger partial charge in [0.15, 0.2) is 5.78 Å². The molecule has 0 saturated carbocycles. The molecule has 0 aliphatic carbocycles. The second kappa shape index (κ2) is 20.1. The van der Waals surface area contributed by atoms with Gasteiger partial charge >= 0.3 is 0 Å². The van der Waals surface area contributed by atoms with Crippen LogP contribution in [0.15, 0.2) is 163 Å². The SMILES string of the molecule is CCc1ccc(CC(=O)c2cc3c(cc2SC)CO[C@]32O[C@H](COCc3ccccc3)[C@@H](OCc3ccccc3)[C@H](OCc3ccccc3)[C@H]2OCc2ccccc2)cc1. The van der Waals surface area contributed by atoms with E-state index in [1.807, 2.05) is 134 Å². The number of Topliss-reactive ketones (excluding diaryl/α,β-unsaturated/α-hetero) is 1. The maximum atomic E-state index is 14.4. The van der Waals surface area contributed by atoms with Crippen LogP contribution < -0.4 is 0 Å². The summed E-state index contributed by atoms with van der Waals surface area (Å²) >= 11 is 1.56. The van der Waals surface area contributed by atoms with E-state index in [0.29, 0.717) is 25.4 Å². The Balaban J connectivity index is 1.22. The molecule has 1 fully saturated rings. The van der Waals surface area contributed by atoms with E-state index in [9.17, 15) is 4.79 Å². The maximum absolute atomic E-state index is 14.4. The molecular weight excluding hydrogens is 769 g/mol. The number of carbonyl (C=O) groups excluding carboxylic acids is 1. The topological polar surface area (TPSA) is 72.5 Å². The molecule has 2 aliphatic heterocycles. The van der Waals surface area contributed by atoms with Crippen molar-refractivity contribution in [2.75, 3.05) is 12.9 Å². The molecular formula is C52H52O7S. The normalized spacial score (nSPS) is 20.9. The maximum Gasteiger partial charge on any atom is 0.226 e. The molecule has 0 unspecified atom stereocenters. The van der Waals surface area contributed by atoms with Crippen LogP contribution in [0, 0.1) is 0 Å². The molecule has 0 aromatic heterocycles. The number of ether oxygens (including phenoxy) is 6. The average Bonchev–Trinajstić information content (AvgIpc) is 3.65. The largest absolute Gasteiger partial charge is 0.374 e. The summed E-state index contributed by atoms with van der Waals surface area (Å²) in [5.41, 5.74) is 8.59. The van der Waals surface area contributed by atoms with Crippen LogP contribution in [0.25, 0.3) is 0 Å². The van der Waals surface area contributed by atoms with Gasteiger partial charge in [-0.15, -0.1) is 11.8 Å². The van der Waals surface area contributed by atoms with Gasteiger partial charge in [-0.25, -0.2) is 0 Å². The second-order valence-corrected chi connectivity index (χ2v) is 16.2. The molecule has 0 bridgehead atoms. The number of ketones is 1.